The van der Waals surface area contributed by atoms with E-state index in [0.717, 1.165) is 25.7 Å². The van der Waals surface area contributed by atoms with Gasteiger partial charge in [0.1, 0.15) is 0 Å². The minimum absolute atomic E-state index is 0.939. The Morgan fingerprint density at radius 3 is 1.32 bits per heavy atom. The summed E-state index contributed by atoms with van der Waals surface area (Å²) in [6, 6.07) is 43.7. The van der Waals surface area contributed by atoms with E-state index in [-0.39, 0.29) is 0 Å². The van der Waals surface area contributed by atoms with Gasteiger partial charge in [-0.25, -0.2) is 0 Å². The zero-order valence-corrected chi connectivity index (χ0v) is 20.2. The van der Waals surface area contributed by atoms with E-state index in [1.54, 1.807) is 0 Å². The topological polar surface area (TPSA) is 12.0 Å². The third-order valence-electron chi connectivity index (χ3n) is 6.03. The fourth-order valence-corrected chi connectivity index (χ4v) is 11.6. The summed E-state index contributed by atoms with van der Waals surface area (Å²) in [5.41, 5.74) is 1.38. The molecule has 0 aliphatic heterocycles. The van der Waals surface area contributed by atoms with Gasteiger partial charge >= 0.3 is 195 Å². The van der Waals surface area contributed by atoms with Crippen molar-refractivity contribution in [3.05, 3.63) is 127 Å². The summed E-state index contributed by atoms with van der Waals surface area (Å²) in [6.07, 6.45) is 2.06. The molecule has 4 aromatic rings. The second kappa shape index (κ2) is 9.92. The summed E-state index contributed by atoms with van der Waals surface area (Å²) in [4.78, 5) is 0. The Balaban J connectivity index is 1.69. The second-order valence-corrected chi connectivity index (χ2v) is 17.0. The Kier molecular flexibility index (Phi) is 7.02. The first kappa shape index (κ1) is 22.0. The molecule has 0 saturated heterocycles. The number of hydrogen-bond donors (Lipinski definition) is 1. The monoisotopic (exact) mass is 489 g/mol. The van der Waals surface area contributed by atoms with Crippen LogP contribution in [0.5, 0.6) is 0 Å². The molecule has 1 N–H and O–H groups in total. The summed E-state index contributed by atoms with van der Waals surface area (Å²) in [7, 11) is 0. The zero-order valence-electron chi connectivity index (χ0n) is 17.7. The van der Waals surface area contributed by atoms with Crippen molar-refractivity contribution in [3.8, 4) is 0 Å². The number of halogens is 1. The summed E-state index contributed by atoms with van der Waals surface area (Å²) in [5, 5.41) is 5.02. The van der Waals surface area contributed by atoms with Crippen molar-refractivity contribution in [3.63, 3.8) is 0 Å². The van der Waals surface area contributed by atoms with Gasteiger partial charge in [0.25, 0.3) is 0 Å². The standard InChI is InChI=1S/C28H29BrNP/c29-31(26-15-7-2-8-16-26,27-17-9-3-10-18-27,28-19-11-4-12-20-28)24-23-30-22-21-25-13-5-1-6-14-25/h1-20,30H,21-24H2. The van der Waals surface area contributed by atoms with Gasteiger partial charge in [-0.1, -0.05) is 0 Å². The number of rotatable bonds is 9. The molecule has 31 heavy (non-hydrogen) atoms. The molecule has 0 unspecified atom stereocenters. The third-order valence-corrected chi connectivity index (χ3v) is 16.0. The fourth-order valence-electron chi connectivity index (χ4n) is 4.34. The van der Waals surface area contributed by atoms with Gasteiger partial charge in [0.05, 0.1) is 0 Å². The van der Waals surface area contributed by atoms with Gasteiger partial charge in [0.2, 0.25) is 0 Å². The number of nitrogens with one attached hydrogen (secondary N) is 1. The van der Waals surface area contributed by atoms with Crippen molar-refractivity contribution in [1.82, 2.24) is 5.32 Å². The molecule has 1 nitrogen and oxygen atoms in total. The third kappa shape index (κ3) is 4.53. The van der Waals surface area contributed by atoms with Crippen molar-refractivity contribution in [2.75, 3.05) is 19.3 Å². The Labute approximate surface area is 194 Å². The van der Waals surface area contributed by atoms with E-state index >= 15 is 0 Å². The molecule has 0 saturated carbocycles. The molecule has 4 aromatic carbocycles. The van der Waals surface area contributed by atoms with E-state index in [9.17, 15) is 0 Å². The molecule has 0 atom stereocenters. The summed E-state index contributed by atoms with van der Waals surface area (Å²) < 4.78 is 0. The van der Waals surface area contributed by atoms with Crippen LogP contribution in [-0.4, -0.2) is 19.3 Å². The van der Waals surface area contributed by atoms with E-state index in [1.165, 1.54) is 21.5 Å². The van der Waals surface area contributed by atoms with Crippen molar-refractivity contribution in [2.24, 2.45) is 0 Å². The van der Waals surface area contributed by atoms with Gasteiger partial charge in [0.15, 0.2) is 0 Å². The Bertz CT molecular complexity index is 970. The number of benzene rings is 4. The molecule has 0 fully saturated rings. The van der Waals surface area contributed by atoms with Gasteiger partial charge in [-0.2, -0.15) is 0 Å². The van der Waals surface area contributed by atoms with Crippen LogP contribution < -0.4 is 21.2 Å². The average molecular weight is 490 g/mol. The summed E-state index contributed by atoms with van der Waals surface area (Å²) in [5.74, 6) is 0. The van der Waals surface area contributed by atoms with Crippen LogP contribution in [0.15, 0.2) is 121 Å². The van der Waals surface area contributed by atoms with Crippen LogP contribution in [0.3, 0.4) is 0 Å². The van der Waals surface area contributed by atoms with Crippen molar-refractivity contribution in [1.29, 1.82) is 0 Å². The summed E-state index contributed by atoms with van der Waals surface area (Å²) in [6.45, 7) is 1.91. The molecule has 0 aromatic heterocycles. The molecule has 0 heterocycles. The molecule has 0 radical (unpaired) electrons. The SMILES string of the molecule is BrP(CCNCCc1ccccc1)(c1ccccc1)(c1ccccc1)c1ccccc1. The first-order valence-corrected chi connectivity index (χ1v) is 15.3. The Morgan fingerprint density at radius 2 is 0.903 bits per heavy atom. The van der Waals surface area contributed by atoms with E-state index in [1.807, 2.05) is 0 Å². The molecule has 0 aliphatic carbocycles. The molecule has 0 bridgehead atoms. The summed E-state index contributed by atoms with van der Waals surface area (Å²) >= 11 is 4.51. The quantitative estimate of drug-likeness (QED) is 0.236. The van der Waals surface area contributed by atoms with Crippen LogP contribution in [0, 0.1) is 0 Å². The van der Waals surface area contributed by atoms with Crippen molar-refractivity contribution < 1.29 is 0 Å². The van der Waals surface area contributed by atoms with E-state index < -0.39 is 5.31 Å². The minimum atomic E-state index is -2.82. The van der Waals surface area contributed by atoms with Crippen LogP contribution in [-0.2, 0) is 6.42 Å². The van der Waals surface area contributed by atoms with Crippen LogP contribution >= 0.6 is 20.8 Å². The van der Waals surface area contributed by atoms with Gasteiger partial charge < -0.3 is 0 Å². The van der Waals surface area contributed by atoms with Crippen LogP contribution in [0.25, 0.3) is 0 Å². The predicted molar refractivity (Wildman–Crippen MR) is 142 cm³/mol. The zero-order chi connectivity index (χ0) is 21.4. The van der Waals surface area contributed by atoms with Gasteiger partial charge in [0, 0.05) is 0 Å². The molecule has 4 rings (SSSR count). The second-order valence-electron chi connectivity index (χ2n) is 7.90. The average Bonchev–Trinajstić information content (AvgIpc) is 2.86. The normalized spacial score (nSPS) is 12.7. The first-order valence-electron chi connectivity index (χ1n) is 10.9. The molecular formula is C28H29BrNP. The molecule has 0 spiro atoms. The van der Waals surface area contributed by atoms with Crippen LogP contribution in [0.1, 0.15) is 5.56 Å². The molecule has 0 amide bonds. The Morgan fingerprint density at radius 1 is 0.516 bits per heavy atom. The van der Waals surface area contributed by atoms with E-state index in [0.29, 0.717) is 0 Å². The first-order chi connectivity index (χ1) is 15.2. The van der Waals surface area contributed by atoms with E-state index in [4.69, 9.17) is 0 Å². The molecule has 158 valence electrons. The van der Waals surface area contributed by atoms with Crippen LogP contribution in [0.4, 0.5) is 0 Å². The van der Waals surface area contributed by atoms with E-state index in [2.05, 4.69) is 142 Å². The van der Waals surface area contributed by atoms with Gasteiger partial charge in [-0.05, 0) is 0 Å². The molecule has 0 aliphatic rings. The Hall–Kier alpha value is -2.25. The van der Waals surface area contributed by atoms with Gasteiger partial charge in [-0.15, -0.1) is 0 Å². The van der Waals surface area contributed by atoms with Crippen molar-refractivity contribution in [2.45, 2.75) is 6.42 Å². The molecule has 3 heteroatoms. The van der Waals surface area contributed by atoms with Crippen molar-refractivity contribution >= 4 is 36.7 Å². The maximum absolute atomic E-state index is 4.51. The molecular weight excluding hydrogens is 461 g/mol. The fraction of sp³-hybridized carbons (Fsp3) is 0.143. The maximum atomic E-state index is 4.51. The number of hydrogen-bond acceptors (Lipinski definition) is 1. The van der Waals surface area contributed by atoms with Gasteiger partial charge in [-0.3, -0.25) is 0 Å². The van der Waals surface area contributed by atoms with Crippen LogP contribution in [0.2, 0.25) is 0 Å². The predicted octanol–water partition coefficient (Wildman–Crippen LogP) is 5.66.